The molecular formula is C21H23N3OS. The van der Waals surface area contributed by atoms with Gasteiger partial charge < -0.3 is 4.74 Å². The van der Waals surface area contributed by atoms with Crippen molar-refractivity contribution < 1.29 is 4.74 Å². The van der Waals surface area contributed by atoms with Gasteiger partial charge in [0, 0.05) is 30.7 Å². The van der Waals surface area contributed by atoms with Crippen molar-refractivity contribution in [2.45, 2.75) is 45.5 Å². The van der Waals surface area contributed by atoms with Gasteiger partial charge in [0.05, 0.1) is 16.4 Å². The van der Waals surface area contributed by atoms with E-state index in [4.69, 9.17) is 4.74 Å². The third-order valence-electron chi connectivity index (χ3n) is 4.52. The summed E-state index contributed by atoms with van der Waals surface area (Å²) in [5.74, 6) is 0.891. The van der Waals surface area contributed by atoms with Gasteiger partial charge in [-0.15, -0.1) is 11.3 Å². The number of ether oxygens (including phenoxy) is 1. The van der Waals surface area contributed by atoms with Crippen molar-refractivity contribution >= 4 is 11.3 Å². The van der Waals surface area contributed by atoms with E-state index in [1.165, 1.54) is 18.4 Å². The number of hydrogen-bond acceptors (Lipinski definition) is 5. The second-order valence-corrected chi connectivity index (χ2v) is 7.81. The summed E-state index contributed by atoms with van der Waals surface area (Å²) in [6.45, 7) is 4.40. The van der Waals surface area contributed by atoms with Crippen molar-refractivity contribution in [3.8, 4) is 5.75 Å². The van der Waals surface area contributed by atoms with Gasteiger partial charge in [0.2, 0.25) is 0 Å². The summed E-state index contributed by atoms with van der Waals surface area (Å²) < 4.78 is 5.84. The molecule has 0 radical (unpaired) electrons. The minimum Gasteiger partial charge on any atom is -0.487 e. The fraction of sp³-hybridized carbons (Fsp3) is 0.333. The Balaban J connectivity index is 1.35. The van der Waals surface area contributed by atoms with Gasteiger partial charge in [0.15, 0.2) is 0 Å². The number of rotatable bonds is 8. The van der Waals surface area contributed by atoms with Gasteiger partial charge in [0.25, 0.3) is 0 Å². The molecule has 0 aliphatic heterocycles. The normalized spacial score (nSPS) is 13.9. The molecule has 1 aliphatic rings. The maximum atomic E-state index is 5.84. The van der Waals surface area contributed by atoms with Crippen LogP contribution in [0, 0.1) is 6.92 Å². The molecule has 1 aliphatic carbocycles. The van der Waals surface area contributed by atoms with E-state index in [1.54, 1.807) is 11.3 Å². The number of pyridine rings is 1. The van der Waals surface area contributed by atoms with E-state index in [0.717, 1.165) is 35.2 Å². The van der Waals surface area contributed by atoms with Crippen LogP contribution in [-0.2, 0) is 19.7 Å². The van der Waals surface area contributed by atoms with Crippen LogP contribution < -0.4 is 4.74 Å². The molecule has 1 fully saturated rings. The molecule has 0 N–H and O–H groups in total. The molecule has 134 valence electrons. The summed E-state index contributed by atoms with van der Waals surface area (Å²) in [6.07, 6.45) is 4.46. The molecule has 3 aromatic rings. The smallest absolute Gasteiger partial charge is 0.131 e. The number of nitrogens with zero attached hydrogens (tertiary/aromatic N) is 3. The molecule has 0 saturated heterocycles. The summed E-state index contributed by atoms with van der Waals surface area (Å²) >= 11 is 1.66. The zero-order valence-electron chi connectivity index (χ0n) is 15.0. The summed E-state index contributed by atoms with van der Waals surface area (Å²) in [7, 11) is 0. The highest BCUT2D eigenvalue weighted by atomic mass is 32.1. The molecule has 5 heteroatoms. The van der Waals surface area contributed by atoms with Crippen LogP contribution in [-0.4, -0.2) is 20.9 Å². The Kier molecular flexibility index (Phi) is 5.27. The zero-order chi connectivity index (χ0) is 17.8. The minimum atomic E-state index is 0.525. The minimum absolute atomic E-state index is 0.525. The van der Waals surface area contributed by atoms with E-state index in [2.05, 4.69) is 56.6 Å². The number of benzene rings is 1. The van der Waals surface area contributed by atoms with Gasteiger partial charge in [-0.2, -0.15) is 0 Å². The molecular weight excluding hydrogens is 342 g/mol. The van der Waals surface area contributed by atoms with E-state index < -0.39 is 0 Å². The number of thiazole rings is 1. The predicted octanol–water partition coefficient (Wildman–Crippen LogP) is 4.59. The fourth-order valence-electron chi connectivity index (χ4n) is 3.01. The van der Waals surface area contributed by atoms with Crippen molar-refractivity contribution in [2.24, 2.45) is 0 Å². The van der Waals surface area contributed by atoms with Crippen LogP contribution in [0.25, 0.3) is 0 Å². The third-order valence-corrected chi connectivity index (χ3v) is 5.34. The van der Waals surface area contributed by atoms with Crippen LogP contribution in [0.15, 0.2) is 54.0 Å². The Morgan fingerprint density at radius 3 is 2.58 bits per heavy atom. The van der Waals surface area contributed by atoms with Gasteiger partial charge in [-0.05, 0) is 49.6 Å². The summed E-state index contributed by atoms with van der Waals surface area (Å²) in [6, 6.07) is 15.3. The molecule has 4 nitrogen and oxygen atoms in total. The van der Waals surface area contributed by atoms with Crippen molar-refractivity contribution in [2.75, 3.05) is 0 Å². The predicted molar refractivity (Wildman–Crippen MR) is 104 cm³/mol. The van der Waals surface area contributed by atoms with Gasteiger partial charge in [-0.25, -0.2) is 4.98 Å². The summed E-state index contributed by atoms with van der Waals surface area (Å²) in [4.78, 5) is 11.4. The largest absolute Gasteiger partial charge is 0.487 e. The first-order chi connectivity index (χ1) is 12.8. The van der Waals surface area contributed by atoms with Crippen LogP contribution in [0.3, 0.4) is 0 Å². The van der Waals surface area contributed by atoms with E-state index in [-0.39, 0.29) is 0 Å². The number of aryl methyl sites for hydroxylation is 1. The number of hydrogen-bond donors (Lipinski definition) is 0. The highest BCUT2D eigenvalue weighted by Crippen LogP contribution is 2.30. The van der Waals surface area contributed by atoms with Gasteiger partial charge in [-0.3, -0.25) is 9.88 Å². The molecule has 1 saturated carbocycles. The highest BCUT2D eigenvalue weighted by molar-refractivity contribution is 7.09. The molecule has 1 aromatic carbocycles. The molecule has 0 amide bonds. The van der Waals surface area contributed by atoms with Crippen LogP contribution in [0.5, 0.6) is 5.75 Å². The van der Waals surface area contributed by atoms with Crippen molar-refractivity contribution in [3.63, 3.8) is 0 Å². The Hall–Kier alpha value is -2.24. The molecule has 26 heavy (non-hydrogen) atoms. The second-order valence-electron chi connectivity index (χ2n) is 6.75. The van der Waals surface area contributed by atoms with Crippen LogP contribution in [0.4, 0.5) is 0 Å². The van der Waals surface area contributed by atoms with E-state index >= 15 is 0 Å². The van der Waals surface area contributed by atoms with Crippen molar-refractivity contribution in [1.82, 2.24) is 14.9 Å². The lowest BCUT2D eigenvalue weighted by atomic mass is 10.2. The van der Waals surface area contributed by atoms with Gasteiger partial charge in [-0.1, -0.05) is 18.2 Å². The molecule has 0 spiro atoms. The SMILES string of the molecule is Cc1nc(COc2ccc(CN(Cc3ccccn3)C3CC3)cc2)cs1. The Bertz CT molecular complexity index is 828. The highest BCUT2D eigenvalue weighted by Gasteiger charge is 2.29. The molecule has 0 atom stereocenters. The summed E-state index contributed by atoms with van der Waals surface area (Å²) in [5, 5.41) is 3.13. The first kappa shape index (κ1) is 17.2. The quantitative estimate of drug-likeness (QED) is 0.585. The number of aromatic nitrogens is 2. The molecule has 0 bridgehead atoms. The molecule has 4 rings (SSSR count). The lowest BCUT2D eigenvalue weighted by Crippen LogP contribution is -2.25. The van der Waals surface area contributed by atoms with E-state index in [0.29, 0.717) is 12.6 Å². The Labute approximate surface area is 158 Å². The standard InChI is InChI=1S/C21H23N3OS/c1-16-23-19(15-26-16)14-25-21-9-5-17(6-10-21)12-24(20-7-8-20)13-18-4-2-3-11-22-18/h2-6,9-11,15,20H,7-8,12-14H2,1H3. The molecule has 2 aromatic heterocycles. The average molecular weight is 366 g/mol. The van der Waals surface area contributed by atoms with Crippen LogP contribution in [0.2, 0.25) is 0 Å². The fourth-order valence-corrected chi connectivity index (χ4v) is 3.61. The zero-order valence-corrected chi connectivity index (χ0v) is 15.8. The maximum absolute atomic E-state index is 5.84. The van der Waals surface area contributed by atoms with E-state index in [9.17, 15) is 0 Å². The topological polar surface area (TPSA) is 38.2 Å². The van der Waals surface area contributed by atoms with Gasteiger partial charge >= 0.3 is 0 Å². The molecule has 2 heterocycles. The first-order valence-corrected chi connectivity index (χ1v) is 9.91. The second kappa shape index (κ2) is 7.98. The van der Waals surface area contributed by atoms with Crippen LogP contribution in [0.1, 0.15) is 34.8 Å². The van der Waals surface area contributed by atoms with Crippen LogP contribution >= 0.6 is 11.3 Å². The third kappa shape index (κ3) is 4.68. The lowest BCUT2D eigenvalue weighted by molar-refractivity contribution is 0.242. The Morgan fingerprint density at radius 2 is 1.92 bits per heavy atom. The maximum Gasteiger partial charge on any atom is 0.131 e. The van der Waals surface area contributed by atoms with Crippen molar-refractivity contribution in [1.29, 1.82) is 0 Å². The van der Waals surface area contributed by atoms with E-state index in [1.807, 2.05) is 19.2 Å². The Morgan fingerprint density at radius 1 is 1.08 bits per heavy atom. The van der Waals surface area contributed by atoms with Gasteiger partial charge in [0.1, 0.15) is 12.4 Å². The monoisotopic (exact) mass is 365 g/mol. The lowest BCUT2D eigenvalue weighted by Gasteiger charge is -2.21. The average Bonchev–Trinajstić information content (AvgIpc) is 3.43. The summed E-state index contributed by atoms with van der Waals surface area (Å²) in [5.41, 5.74) is 3.44. The van der Waals surface area contributed by atoms with Crippen molar-refractivity contribution in [3.05, 3.63) is 76.0 Å². The molecule has 0 unspecified atom stereocenters. The first-order valence-electron chi connectivity index (χ1n) is 9.03.